The largest absolute Gasteiger partial charge is 0.310 e. The van der Waals surface area contributed by atoms with Crippen LogP contribution < -0.4 is 15.8 Å². The first-order chi connectivity index (χ1) is 16.4. The fraction of sp³-hybridized carbons (Fsp3) is 0.308. The molecular formula is C26H25FN6O. The Kier molecular flexibility index (Phi) is 4.74. The zero-order chi connectivity index (χ0) is 23.4. The van der Waals surface area contributed by atoms with Crippen molar-refractivity contribution in [3.05, 3.63) is 82.7 Å². The van der Waals surface area contributed by atoms with Crippen molar-refractivity contribution in [2.24, 2.45) is 5.92 Å². The Morgan fingerprint density at radius 1 is 1.18 bits per heavy atom. The summed E-state index contributed by atoms with van der Waals surface area (Å²) in [6, 6.07) is 10.2. The number of aromatic nitrogens is 3. The predicted molar refractivity (Wildman–Crippen MR) is 127 cm³/mol. The van der Waals surface area contributed by atoms with Crippen molar-refractivity contribution in [1.29, 1.82) is 0 Å². The van der Waals surface area contributed by atoms with E-state index in [9.17, 15) is 9.18 Å². The van der Waals surface area contributed by atoms with E-state index >= 15 is 0 Å². The summed E-state index contributed by atoms with van der Waals surface area (Å²) >= 11 is 0. The average molecular weight is 457 g/mol. The maximum atomic E-state index is 14.4. The van der Waals surface area contributed by atoms with Crippen LogP contribution >= 0.6 is 0 Å². The van der Waals surface area contributed by atoms with Gasteiger partial charge in [0.05, 0.1) is 17.7 Å². The van der Waals surface area contributed by atoms with Gasteiger partial charge in [0.25, 0.3) is 0 Å². The van der Waals surface area contributed by atoms with Gasteiger partial charge in [0.1, 0.15) is 23.5 Å². The molecule has 3 aliphatic rings. The molecular weight excluding hydrogens is 431 g/mol. The Bertz CT molecular complexity index is 1330. The van der Waals surface area contributed by atoms with E-state index in [1.165, 1.54) is 18.9 Å². The molecule has 2 N–H and O–H groups in total. The van der Waals surface area contributed by atoms with E-state index < -0.39 is 5.41 Å². The first kappa shape index (κ1) is 20.9. The van der Waals surface area contributed by atoms with E-state index in [1.807, 2.05) is 43.1 Å². The van der Waals surface area contributed by atoms with E-state index in [2.05, 4.69) is 21.8 Å². The van der Waals surface area contributed by atoms with Crippen molar-refractivity contribution in [3.63, 3.8) is 0 Å². The number of hydrogen-bond donors (Lipinski definition) is 2. The molecule has 3 aromatic rings. The lowest BCUT2D eigenvalue weighted by molar-refractivity contribution is -0.119. The minimum Gasteiger partial charge on any atom is -0.310 e. The van der Waals surface area contributed by atoms with Crippen LogP contribution in [0.4, 0.5) is 16.0 Å². The van der Waals surface area contributed by atoms with Crippen LogP contribution in [0.2, 0.25) is 0 Å². The van der Waals surface area contributed by atoms with Crippen molar-refractivity contribution in [2.45, 2.75) is 44.7 Å². The molecule has 1 saturated carbocycles. The number of allylic oxidation sites excluding steroid dienone is 1. The molecule has 2 aromatic heterocycles. The zero-order valence-corrected chi connectivity index (χ0v) is 19.0. The second-order valence-corrected chi connectivity index (χ2v) is 9.62. The molecule has 4 heterocycles. The van der Waals surface area contributed by atoms with Crippen LogP contribution in [0.15, 0.2) is 48.7 Å². The van der Waals surface area contributed by atoms with Crippen molar-refractivity contribution in [3.8, 4) is 0 Å². The first-order valence-electron chi connectivity index (χ1n) is 11.6. The van der Waals surface area contributed by atoms with Gasteiger partial charge in [0.15, 0.2) is 5.82 Å². The highest BCUT2D eigenvalue weighted by Gasteiger charge is 2.43. The summed E-state index contributed by atoms with van der Waals surface area (Å²) < 4.78 is 14.4. The van der Waals surface area contributed by atoms with Gasteiger partial charge in [-0.25, -0.2) is 24.8 Å². The number of nitrogens with one attached hydrogen (secondary N) is 2. The quantitative estimate of drug-likeness (QED) is 0.596. The zero-order valence-electron chi connectivity index (χ0n) is 19.0. The summed E-state index contributed by atoms with van der Waals surface area (Å²) in [5, 5.41) is 4.78. The number of pyridine rings is 1. The SMILES string of the molecule is CC1(C)C(=O)Nc2nc(C3NN(Cc4ccccc4F)c4ncccc43)nc(/C=C\C3CC3)c21. The van der Waals surface area contributed by atoms with Gasteiger partial charge in [-0.1, -0.05) is 30.3 Å². The van der Waals surface area contributed by atoms with Gasteiger partial charge in [0.2, 0.25) is 5.91 Å². The number of hydrogen-bond acceptors (Lipinski definition) is 6. The standard InChI is InChI=1S/C26H25FN6O/c1-26(2)20-19(12-11-15-9-10-15)29-23(30-22(20)31-25(26)34)21-17-7-5-13-28-24(17)33(32-21)14-16-6-3-4-8-18(16)27/h3-8,11-13,15,21,32H,9-10,14H2,1-2H3,(H,29,30,31,34)/b12-11-. The van der Waals surface area contributed by atoms with E-state index in [-0.39, 0.29) is 17.8 Å². The number of rotatable bonds is 5. The van der Waals surface area contributed by atoms with Crippen LogP contribution in [0.1, 0.15) is 60.9 Å². The number of hydrazine groups is 1. The molecule has 0 radical (unpaired) electrons. The fourth-order valence-corrected chi connectivity index (χ4v) is 4.61. The maximum absolute atomic E-state index is 14.4. The molecule has 172 valence electrons. The van der Waals surface area contributed by atoms with Gasteiger partial charge in [-0.2, -0.15) is 0 Å². The fourth-order valence-electron chi connectivity index (χ4n) is 4.61. The third-order valence-electron chi connectivity index (χ3n) is 6.74. The molecule has 1 amide bonds. The van der Waals surface area contributed by atoms with E-state index in [0.29, 0.717) is 35.5 Å². The Morgan fingerprint density at radius 2 is 2.00 bits per heavy atom. The van der Waals surface area contributed by atoms with Crippen LogP contribution in [-0.4, -0.2) is 20.9 Å². The monoisotopic (exact) mass is 456 g/mol. The predicted octanol–water partition coefficient (Wildman–Crippen LogP) is 4.28. The minimum absolute atomic E-state index is 0.0855. The topological polar surface area (TPSA) is 83.0 Å². The highest BCUT2D eigenvalue weighted by atomic mass is 19.1. The normalized spacial score (nSPS) is 20.5. The smallest absolute Gasteiger partial charge is 0.235 e. The second kappa shape index (κ2) is 7.70. The number of benzene rings is 1. The second-order valence-electron chi connectivity index (χ2n) is 9.62. The molecule has 7 nitrogen and oxygen atoms in total. The Morgan fingerprint density at radius 3 is 2.79 bits per heavy atom. The van der Waals surface area contributed by atoms with Gasteiger partial charge in [-0.3, -0.25) is 9.80 Å². The molecule has 34 heavy (non-hydrogen) atoms. The number of carbonyl (C=O) groups excluding carboxylic acids is 1. The third-order valence-corrected chi connectivity index (χ3v) is 6.74. The lowest BCUT2D eigenvalue weighted by Crippen LogP contribution is -2.35. The van der Waals surface area contributed by atoms with E-state index in [1.54, 1.807) is 18.3 Å². The lowest BCUT2D eigenvalue weighted by Gasteiger charge is -2.21. The molecule has 0 spiro atoms. The van der Waals surface area contributed by atoms with Crippen molar-refractivity contribution in [2.75, 3.05) is 10.3 Å². The summed E-state index contributed by atoms with van der Waals surface area (Å²) in [5.74, 6) is 2.02. The highest BCUT2D eigenvalue weighted by Crippen LogP contribution is 2.42. The molecule has 1 fully saturated rings. The van der Waals surface area contributed by atoms with Crippen molar-refractivity contribution >= 4 is 23.6 Å². The van der Waals surface area contributed by atoms with Crippen LogP contribution in [-0.2, 0) is 16.8 Å². The van der Waals surface area contributed by atoms with Crippen molar-refractivity contribution in [1.82, 2.24) is 20.4 Å². The van der Waals surface area contributed by atoms with Gasteiger partial charge < -0.3 is 5.32 Å². The Labute approximate surface area is 197 Å². The summed E-state index contributed by atoms with van der Waals surface area (Å²) in [6.07, 6.45) is 8.29. The molecule has 8 heteroatoms. The minimum atomic E-state index is -0.712. The number of anilines is 2. The van der Waals surface area contributed by atoms with E-state index in [4.69, 9.17) is 9.97 Å². The number of nitrogens with zero attached hydrogens (tertiary/aromatic N) is 4. The van der Waals surface area contributed by atoms with Gasteiger partial charge >= 0.3 is 0 Å². The van der Waals surface area contributed by atoms with Crippen molar-refractivity contribution < 1.29 is 9.18 Å². The molecule has 1 unspecified atom stereocenters. The molecule has 0 bridgehead atoms. The van der Waals surface area contributed by atoms with Crippen LogP contribution in [0.25, 0.3) is 6.08 Å². The van der Waals surface area contributed by atoms with Gasteiger partial charge in [-0.15, -0.1) is 0 Å². The summed E-state index contributed by atoms with van der Waals surface area (Å²) in [7, 11) is 0. The molecule has 2 aliphatic heterocycles. The van der Waals surface area contributed by atoms with Crippen LogP contribution in [0.5, 0.6) is 0 Å². The highest BCUT2D eigenvalue weighted by molar-refractivity contribution is 6.05. The molecule has 6 rings (SSSR count). The van der Waals surface area contributed by atoms with Crippen LogP contribution in [0, 0.1) is 11.7 Å². The molecule has 1 aromatic carbocycles. The van der Waals surface area contributed by atoms with E-state index in [0.717, 1.165) is 16.8 Å². The Hall–Kier alpha value is -3.65. The van der Waals surface area contributed by atoms with Gasteiger partial charge in [-0.05, 0) is 50.8 Å². The Balaban J connectivity index is 1.41. The molecule has 1 aliphatic carbocycles. The first-order valence-corrected chi connectivity index (χ1v) is 11.6. The lowest BCUT2D eigenvalue weighted by atomic mass is 9.85. The summed E-state index contributed by atoms with van der Waals surface area (Å²) in [6.45, 7) is 4.10. The molecule has 0 saturated heterocycles. The maximum Gasteiger partial charge on any atom is 0.235 e. The van der Waals surface area contributed by atoms with Gasteiger partial charge in [0, 0.05) is 22.9 Å². The summed E-state index contributed by atoms with van der Waals surface area (Å²) in [4.78, 5) is 27.0. The number of halogens is 1. The average Bonchev–Trinajstić information content (AvgIpc) is 3.54. The van der Waals surface area contributed by atoms with Crippen LogP contribution in [0.3, 0.4) is 0 Å². The summed E-state index contributed by atoms with van der Waals surface area (Å²) in [5.41, 5.74) is 5.75. The third kappa shape index (κ3) is 3.45. The number of amides is 1. The number of carbonyl (C=O) groups is 1. The number of fused-ring (bicyclic) bond motifs is 2. The molecule has 1 atom stereocenters.